The van der Waals surface area contributed by atoms with Crippen molar-refractivity contribution >= 4 is 32.7 Å². The van der Waals surface area contributed by atoms with Crippen LogP contribution in [0.3, 0.4) is 0 Å². The van der Waals surface area contributed by atoms with Crippen molar-refractivity contribution in [2.45, 2.75) is 24.7 Å². The highest BCUT2D eigenvalue weighted by Gasteiger charge is 2.28. The van der Waals surface area contributed by atoms with Gasteiger partial charge >= 0.3 is 5.69 Å². The first-order valence-corrected chi connectivity index (χ1v) is 12.0. The fourth-order valence-electron chi connectivity index (χ4n) is 3.89. The maximum atomic E-state index is 12.9. The van der Waals surface area contributed by atoms with E-state index in [1.165, 1.54) is 59.5 Å². The summed E-state index contributed by atoms with van der Waals surface area (Å²) in [5, 5.41) is 2.85. The highest BCUT2D eigenvalue weighted by atomic mass is 32.2. The Labute approximate surface area is 190 Å². The number of anilines is 1. The van der Waals surface area contributed by atoms with Crippen molar-refractivity contribution in [2.75, 3.05) is 18.4 Å². The van der Waals surface area contributed by atoms with Gasteiger partial charge in [0.05, 0.1) is 22.2 Å². The van der Waals surface area contributed by atoms with E-state index in [1.807, 2.05) is 0 Å². The fraction of sp³-hybridized carbons (Fsp3) is 0.364. The Kier molecular flexibility index (Phi) is 5.93. The van der Waals surface area contributed by atoms with Gasteiger partial charge < -0.3 is 5.32 Å². The number of amides is 1. The van der Waals surface area contributed by atoms with E-state index in [2.05, 4.69) is 17.2 Å². The Bertz CT molecular complexity index is 1450. The quantitative estimate of drug-likeness (QED) is 0.612. The zero-order valence-corrected chi connectivity index (χ0v) is 19.4. The van der Waals surface area contributed by atoms with Crippen LogP contribution in [0, 0.1) is 5.92 Å². The second-order valence-electron chi connectivity index (χ2n) is 8.37. The van der Waals surface area contributed by atoms with Crippen molar-refractivity contribution in [3.05, 3.63) is 62.9 Å². The molecule has 0 aliphatic carbocycles. The van der Waals surface area contributed by atoms with Gasteiger partial charge in [-0.1, -0.05) is 6.92 Å². The predicted molar refractivity (Wildman–Crippen MR) is 124 cm³/mol. The molecule has 2 aromatic heterocycles. The highest BCUT2D eigenvalue weighted by molar-refractivity contribution is 7.89. The third-order valence-corrected chi connectivity index (χ3v) is 7.96. The highest BCUT2D eigenvalue weighted by Crippen LogP contribution is 2.24. The van der Waals surface area contributed by atoms with Crippen molar-refractivity contribution in [1.82, 2.24) is 18.4 Å². The van der Waals surface area contributed by atoms with Gasteiger partial charge in [-0.05, 0) is 49.1 Å². The van der Waals surface area contributed by atoms with Crippen molar-refractivity contribution in [1.29, 1.82) is 0 Å². The van der Waals surface area contributed by atoms with E-state index in [1.54, 1.807) is 0 Å². The van der Waals surface area contributed by atoms with Crippen LogP contribution in [-0.4, -0.2) is 45.8 Å². The first kappa shape index (κ1) is 22.9. The Morgan fingerprint density at radius 3 is 2.33 bits per heavy atom. The lowest BCUT2D eigenvalue weighted by molar-refractivity contribution is 0.102. The molecule has 1 aromatic carbocycles. The summed E-state index contributed by atoms with van der Waals surface area (Å²) >= 11 is 0. The lowest BCUT2D eigenvalue weighted by atomic mass is 10.0. The molecule has 1 aliphatic rings. The van der Waals surface area contributed by atoms with Gasteiger partial charge in [0.2, 0.25) is 10.0 Å². The van der Waals surface area contributed by atoms with E-state index in [-0.39, 0.29) is 27.2 Å². The number of carbonyl (C=O) groups is 1. The maximum absolute atomic E-state index is 12.9. The van der Waals surface area contributed by atoms with Crippen LogP contribution >= 0.6 is 0 Å². The van der Waals surface area contributed by atoms with Crippen LogP contribution in [0.4, 0.5) is 5.69 Å². The molecule has 11 heteroatoms. The number of carbonyl (C=O) groups excluding carboxylic acids is 1. The number of nitrogens with zero attached hydrogens (tertiary/aromatic N) is 4. The van der Waals surface area contributed by atoms with Gasteiger partial charge in [-0.2, -0.15) is 4.31 Å². The number of hydrogen-bond acceptors (Lipinski definition) is 6. The average Bonchev–Trinajstić information content (AvgIpc) is 2.81. The molecule has 4 rings (SSSR count). The molecule has 3 aromatic rings. The first-order valence-electron chi connectivity index (χ1n) is 10.6. The van der Waals surface area contributed by atoms with Gasteiger partial charge in [-0.3, -0.25) is 18.7 Å². The average molecular weight is 472 g/mol. The normalized spacial score (nSPS) is 15.6. The molecule has 0 radical (unpaired) electrons. The lowest BCUT2D eigenvalue weighted by Crippen LogP contribution is -2.37. The number of nitrogens with one attached hydrogen (secondary N) is 1. The summed E-state index contributed by atoms with van der Waals surface area (Å²) in [4.78, 5) is 41.4. The van der Waals surface area contributed by atoms with Crippen LogP contribution in [0.25, 0.3) is 11.0 Å². The van der Waals surface area contributed by atoms with E-state index in [0.717, 1.165) is 17.4 Å². The largest absolute Gasteiger partial charge is 0.332 e. The van der Waals surface area contributed by atoms with Gasteiger partial charge in [-0.15, -0.1) is 0 Å². The number of benzene rings is 1. The van der Waals surface area contributed by atoms with Crippen LogP contribution in [0.2, 0.25) is 0 Å². The third-order valence-electron chi connectivity index (χ3n) is 6.05. The van der Waals surface area contributed by atoms with Gasteiger partial charge in [0.15, 0.2) is 0 Å². The van der Waals surface area contributed by atoms with E-state index >= 15 is 0 Å². The predicted octanol–water partition coefficient (Wildman–Crippen LogP) is 1.31. The maximum Gasteiger partial charge on any atom is 0.332 e. The number of aryl methyl sites for hydroxylation is 1. The number of hydrogen-bond donors (Lipinski definition) is 1. The van der Waals surface area contributed by atoms with Crippen LogP contribution in [0.15, 0.2) is 51.0 Å². The fourth-order valence-corrected chi connectivity index (χ4v) is 5.36. The van der Waals surface area contributed by atoms with E-state index in [4.69, 9.17) is 0 Å². The minimum absolute atomic E-state index is 0.144. The van der Waals surface area contributed by atoms with E-state index < -0.39 is 27.2 Å². The topological polar surface area (TPSA) is 123 Å². The Morgan fingerprint density at radius 1 is 1.06 bits per heavy atom. The van der Waals surface area contributed by atoms with Gasteiger partial charge in [0, 0.05) is 32.7 Å². The molecule has 0 unspecified atom stereocenters. The summed E-state index contributed by atoms with van der Waals surface area (Å²) in [7, 11) is -0.721. The Balaban J connectivity index is 1.55. The Morgan fingerprint density at radius 2 is 1.70 bits per heavy atom. The summed E-state index contributed by atoms with van der Waals surface area (Å²) in [6.45, 7) is 3.10. The monoisotopic (exact) mass is 471 g/mol. The van der Waals surface area contributed by atoms with Crippen LogP contribution in [0.5, 0.6) is 0 Å². The molecule has 3 heterocycles. The molecule has 0 saturated carbocycles. The second-order valence-corrected chi connectivity index (χ2v) is 10.3. The molecule has 0 atom stereocenters. The minimum atomic E-state index is -3.60. The second kappa shape index (κ2) is 8.56. The molecule has 1 N–H and O–H groups in total. The molecule has 1 saturated heterocycles. The van der Waals surface area contributed by atoms with E-state index in [9.17, 15) is 22.8 Å². The summed E-state index contributed by atoms with van der Waals surface area (Å²) in [5.74, 6) is 0.0331. The van der Waals surface area contributed by atoms with Gasteiger partial charge in [0.25, 0.3) is 11.5 Å². The molecule has 0 spiro atoms. The minimum Gasteiger partial charge on any atom is -0.321 e. The molecular weight excluding hydrogens is 446 g/mol. The molecule has 33 heavy (non-hydrogen) atoms. The van der Waals surface area contributed by atoms with Gasteiger partial charge in [0.1, 0.15) is 5.65 Å². The van der Waals surface area contributed by atoms with Gasteiger partial charge in [-0.25, -0.2) is 18.2 Å². The van der Waals surface area contributed by atoms with Crippen LogP contribution in [-0.2, 0) is 24.1 Å². The molecule has 10 nitrogen and oxygen atoms in total. The SMILES string of the molecule is CC1CCN(S(=O)(=O)c2ccc(C(=O)Nc3cnc4c(c3)c(=O)n(C)c(=O)n4C)cc2)CC1. The molecule has 1 fully saturated rings. The standard InChI is InChI=1S/C22H25N5O5S/c1-14-8-10-27(11-9-14)33(31,32)17-6-4-15(5-7-17)20(28)24-16-12-18-19(23-13-16)25(2)22(30)26(3)21(18)29/h4-7,12-14H,8-11H2,1-3H3,(H,24,28). The Hall–Kier alpha value is -3.31. The smallest absolute Gasteiger partial charge is 0.321 e. The zero-order chi connectivity index (χ0) is 23.9. The van der Waals surface area contributed by atoms with Crippen molar-refractivity contribution < 1.29 is 13.2 Å². The molecule has 1 amide bonds. The molecule has 0 bridgehead atoms. The summed E-state index contributed by atoms with van der Waals surface area (Å²) in [5.41, 5.74) is -0.260. The number of rotatable bonds is 4. The number of piperidine rings is 1. The first-order chi connectivity index (χ1) is 15.6. The molecule has 1 aliphatic heterocycles. The molecular formula is C22H25N5O5S. The molecule has 174 valence electrons. The number of sulfonamides is 1. The van der Waals surface area contributed by atoms with Crippen molar-refractivity contribution in [3.63, 3.8) is 0 Å². The lowest BCUT2D eigenvalue weighted by Gasteiger charge is -2.29. The van der Waals surface area contributed by atoms with Crippen LogP contribution < -0.4 is 16.6 Å². The van der Waals surface area contributed by atoms with Crippen LogP contribution in [0.1, 0.15) is 30.1 Å². The number of pyridine rings is 1. The number of aromatic nitrogens is 3. The summed E-state index contributed by atoms with van der Waals surface area (Å²) < 4.78 is 29.4. The summed E-state index contributed by atoms with van der Waals surface area (Å²) in [6.07, 6.45) is 3.02. The van der Waals surface area contributed by atoms with E-state index in [0.29, 0.717) is 19.0 Å². The number of fused-ring (bicyclic) bond motifs is 1. The van der Waals surface area contributed by atoms with Crippen molar-refractivity contribution in [3.8, 4) is 0 Å². The zero-order valence-electron chi connectivity index (χ0n) is 18.6. The summed E-state index contributed by atoms with van der Waals surface area (Å²) in [6, 6.07) is 7.20. The van der Waals surface area contributed by atoms with Crippen molar-refractivity contribution in [2.24, 2.45) is 20.0 Å². The third kappa shape index (κ3) is 4.21.